The van der Waals surface area contributed by atoms with Crippen molar-refractivity contribution < 1.29 is 0 Å². The maximum Gasteiger partial charge on any atom is 0.00763 e. The Balaban J connectivity index is 2.12. The van der Waals surface area contributed by atoms with Crippen molar-refractivity contribution in [1.82, 2.24) is 0 Å². The number of nitrogens with two attached hydrogens (primary N) is 1. The first-order valence-electron chi connectivity index (χ1n) is 2.72. The van der Waals surface area contributed by atoms with Crippen LogP contribution in [0.3, 0.4) is 0 Å². The summed E-state index contributed by atoms with van der Waals surface area (Å²) in [6.07, 6.45) is 8.52. The maximum absolute atomic E-state index is 5.52. The molecule has 0 heterocycles. The second-order valence-electron chi connectivity index (χ2n) is 1.93. The van der Waals surface area contributed by atoms with Crippen molar-refractivity contribution in [1.29, 1.82) is 0 Å². The van der Waals surface area contributed by atoms with Gasteiger partial charge < -0.3 is 5.73 Å². The lowest BCUT2D eigenvalue weighted by Gasteiger charge is -2.14. The minimum Gasteiger partial charge on any atom is -0.327 e. The Hall–Kier alpha value is -0.0400. The largest absolute Gasteiger partial charge is 0.327 e. The highest BCUT2D eigenvalue weighted by molar-refractivity contribution is 4.96. The van der Waals surface area contributed by atoms with E-state index >= 15 is 0 Å². The molecular weight excluding hydrogens is 86.1 g/mol. The van der Waals surface area contributed by atoms with Crippen molar-refractivity contribution >= 4 is 0 Å². The van der Waals surface area contributed by atoms with Crippen LogP contribution in [-0.2, 0) is 0 Å². The predicted octanol–water partition coefficient (Wildman–Crippen LogP) is 0.783. The van der Waals surface area contributed by atoms with Crippen molar-refractivity contribution in [3.8, 4) is 0 Å². The second-order valence-corrected chi connectivity index (χ2v) is 1.93. The fraction of sp³-hybridized carbons (Fsp3) is 0.667. The van der Waals surface area contributed by atoms with Crippen LogP contribution in [0.1, 0.15) is 19.3 Å². The van der Waals surface area contributed by atoms with Gasteiger partial charge in [0.15, 0.2) is 0 Å². The van der Waals surface area contributed by atoms with Gasteiger partial charge in [-0.1, -0.05) is 6.42 Å². The standard InChI is InChI=1S/C6H10N/c7-6-4-2-1-3-5-6/h5-6H,1-2,4,7H2. The molecule has 1 aliphatic carbocycles. The van der Waals surface area contributed by atoms with Gasteiger partial charge in [0.05, 0.1) is 0 Å². The Bertz CT molecular complexity index is 46.1. The lowest BCUT2D eigenvalue weighted by Crippen LogP contribution is -2.23. The van der Waals surface area contributed by atoms with Crippen LogP contribution in [0.25, 0.3) is 0 Å². The minimum atomic E-state index is 0.300. The Labute approximate surface area is 44.9 Å². The highest BCUT2D eigenvalue weighted by Gasteiger charge is 2.07. The van der Waals surface area contributed by atoms with Gasteiger partial charge in [-0.2, -0.15) is 0 Å². The van der Waals surface area contributed by atoms with Crippen LogP contribution < -0.4 is 5.73 Å². The van der Waals surface area contributed by atoms with E-state index in [1.165, 1.54) is 6.42 Å². The van der Waals surface area contributed by atoms with E-state index in [1.807, 2.05) is 6.42 Å². The van der Waals surface area contributed by atoms with E-state index in [0.717, 1.165) is 12.8 Å². The molecule has 39 valence electrons. The summed E-state index contributed by atoms with van der Waals surface area (Å²) in [6.45, 7) is 0. The van der Waals surface area contributed by atoms with Gasteiger partial charge >= 0.3 is 0 Å². The van der Waals surface area contributed by atoms with Gasteiger partial charge in [-0.15, -0.1) is 0 Å². The molecule has 0 aliphatic heterocycles. The summed E-state index contributed by atoms with van der Waals surface area (Å²) in [7, 11) is 0. The van der Waals surface area contributed by atoms with E-state index in [0.29, 0.717) is 6.04 Å². The number of hydrogen-bond donors (Lipinski definition) is 1. The van der Waals surface area contributed by atoms with E-state index in [-0.39, 0.29) is 0 Å². The molecule has 0 saturated heterocycles. The van der Waals surface area contributed by atoms with Crippen molar-refractivity contribution in [2.45, 2.75) is 25.3 Å². The van der Waals surface area contributed by atoms with E-state index < -0.39 is 0 Å². The van der Waals surface area contributed by atoms with Gasteiger partial charge in [0.25, 0.3) is 0 Å². The molecule has 1 aliphatic rings. The molecular formula is C6H10N. The summed E-state index contributed by atoms with van der Waals surface area (Å²) in [4.78, 5) is 0. The summed E-state index contributed by atoms with van der Waals surface area (Å²) in [5.41, 5.74) is 5.52. The van der Waals surface area contributed by atoms with Gasteiger partial charge in [0.2, 0.25) is 0 Å². The van der Waals surface area contributed by atoms with Gasteiger partial charge in [0, 0.05) is 6.04 Å². The van der Waals surface area contributed by atoms with Gasteiger partial charge in [-0.3, -0.25) is 0 Å². The second kappa shape index (κ2) is 2.31. The first-order chi connectivity index (χ1) is 3.39. The van der Waals surface area contributed by atoms with Gasteiger partial charge in [-0.05, 0) is 25.7 Å². The molecule has 0 aromatic heterocycles. The number of hydrogen-bond acceptors (Lipinski definition) is 1. The molecule has 1 rings (SSSR count). The Morgan fingerprint density at radius 1 is 1.71 bits per heavy atom. The zero-order valence-electron chi connectivity index (χ0n) is 4.35. The third-order valence-electron chi connectivity index (χ3n) is 1.19. The van der Waals surface area contributed by atoms with Crippen LogP contribution in [0.5, 0.6) is 0 Å². The van der Waals surface area contributed by atoms with E-state index in [2.05, 4.69) is 6.42 Å². The quantitative estimate of drug-likeness (QED) is 0.474. The Kier molecular flexibility index (Phi) is 1.69. The molecule has 7 heavy (non-hydrogen) atoms. The van der Waals surface area contributed by atoms with Crippen LogP contribution >= 0.6 is 0 Å². The summed E-state index contributed by atoms with van der Waals surface area (Å²) < 4.78 is 0. The molecule has 0 amide bonds. The fourth-order valence-corrected chi connectivity index (χ4v) is 0.758. The van der Waals surface area contributed by atoms with Crippen molar-refractivity contribution in [3.05, 3.63) is 12.8 Å². The lowest BCUT2D eigenvalue weighted by atomic mass is 9.97. The lowest BCUT2D eigenvalue weighted by molar-refractivity contribution is 0.590. The molecule has 0 aromatic rings. The zero-order chi connectivity index (χ0) is 5.11. The molecule has 2 N–H and O–H groups in total. The zero-order valence-corrected chi connectivity index (χ0v) is 4.35. The third kappa shape index (κ3) is 1.48. The van der Waals surface area contributed by atoms with E-state index in [1.54, 1.807) is 0 Å². The minimum absolute atomic E-state index is 0.300. The SMILES string of the molecule is NC1[CH][C]CCC1. The summed E-state index contributed by atoms with van der Waals surface area (Å²) >= 11 is 0. The summed E-state index contributed by atoms with van der Waals surface area (Å²) in [6, 6.07) is 0.300. The van der Waals surface area contributed by atoms with Gasteiger partial charge in [0.1, 0.15) is 0 Å². The summed E-state index contributed by atoms with van der Waals surface area (Å²) in [5, 5.41) is 0. The van der Waals surface area contributed by atoms with Crippen molar-refractivity contribution in [2.24, 2.45) is 5.73 Å². The molecule has 1 fully saturated rings. The first kappa shape index (κ1) is 5.10. The molecule has 0 bridgehead atoms. The average molecular weight is 96.2 g/mol. The smallest absolute Gasteiger partial charge is 0.00763 e. The van der Waals surface area contributed by atoms with Crippen LogP contribution in [0.2, 0.25) is 0 Å². The maximum atomic E-state index is 5.52. The highest BCUT2D eigenvalue weighted by atomic mass is 14.6. The first-order valence-corrected chi connectivity index (χ1v) is 2.72. The Morgan fingerprint density at radius 3 is 2.86 bits per heavy atom. The molecule has 1 atom stereocenters. The van der Waals surface area contributed by atoms with Gasteiger partial charge in [-0.25, -0.2) is 0 Å². The van der Waals surface area contributed by atoms with E-state index in [4.69, 9.17) is 5.73 Å². The highest BCUT2D eigenvalue weighted by Crippen LogP contribution is 2.12. The summed E-state index contributed by atoms with van der Waals surface area (Å²) in [5.74, 6) is 0. The third-order valence-corrected chi connectivity index (χ3v) is 1.19. The monoisotopic (exact) mass is 96.1 g/mol. The Morgan fingerprint density at radius 2 is 2.57 bits per heavy atom. The van der Waals surface area contributed by atoms with Crippen LogP contribution in [0.15, 0.2) is 0 Å². The van der Waals surface area contributed by atoms with Crippen LogP contribution in [0, 0.1) is 12.8 Å². The number of rotatable bonds is 0. The molecule has 1 nitrogen and oxygen atoms in total. The molecule has 0 spiro atoms. The molecule has 1 heteroatoms. The van der Waals surface area contributed by atoms with Crippen molar-refractivity contribution in [2.75, 3.05) is 0 Å². The van der Waals surface area contributed by atoms with E-state index in [9.17, 15) is 0 Å². The van der Waals surface area contributed by atoms with Crippen molar-refractivity contribution in [3.63, 3.8) is 0 Å². The molecule has 3 radical (unpaired) electrons. The molecule has 1 unspecified atom stereocenters. The topological polar surface area (TPSA) is 26.0 Å². The molecule has 0 aromatic carbocycles. The molecule has 1 saturated carbocycles. The van der Waals surface area contributed by atoms with Crippen LogP contribution in [-0.4, -0.2) is 6.04 Å². The normalized spacial score (nSPS) is 25.3. The fourth-order valence-electron chi connectivity index (χ4n) is 0.758. The average Bonchev–Trinajstić information content (AvgIpc) is 1.69. The van der Waals surface area contributed by atoms with Crippen LogP contribution in [0.4, 0.5) is 0 Å². The predicted molar refractivity (Wildman–Crippen MR) is 29.4 cm³/mol.